The number of ether oxygens (including phenoxy) is 2. The van der Waals surface area contributed by atoms with Gasteiger partial charge in [-0.25, -0.2) is 13.2 Å². The van der Waals surface area contributed by atoms with Crippen molar-refractivity contribution in [1.82, 2.24) is 0 Å². The van der Waals surface area contributed by atoms with Crippen LogP contribution in [0.3, 0.4) is 0 Å². The summed E-state index contributed by atoms with van der Waals surface area (Å²) in [6, 6.07) is 15.8. The highest BCUT2D eigenvalue weighted by Gasteiger charge is 2.55. The van der Waals surface area contributed by atoms with E-state index in [1.54, 1.807) is 30.2 Å². The molecule has 3 aromatic rings. The standard InChI is InChI=1S/C31H30ClF3N2O3S.C2H6/c1-39-22-6-3-19(4-7-22)18-37-28-24(30(29(37)38)11-2-12-30)16-21(36-41-27-8-5-20(32)15-25(27)33)17-26(28)40-23-9-13-31(34,35)14-10-23;1-2/h3-8,15-17,23,36H,2,9-14,18H2,1H3;1-2H3. The molecule has 0 saturated heterocycles. The molecule has 6 rings (SSSR count). The zero-order chi connectivity index (χ0) is 30.8. The fraction of sp³-hybridized carbons (Fsp3) is 0.424. The van der Waals surface area contributed by atoms with Crippen LogP contribution in [0.2, 0.25) is 5.02 Å². The lowest BCUT2D eigenvalue weighted by atomic mass is 9.65. The maximum atomic E-state index is 14.5. The van der Waals surface area contributed by atoms with Crippen molar-refractivity contribution < 1.29 is 27.4 Å². The molecule has 0 radical (unpaired) electrons. The van der Waals surface area contributed by atoms with Crippen LogP contribution < -0.4 is 19.1 Å². The number of anilines is 2. The minimum atomic E-state index is -2.68. The number of fused-ring (bicyclic) bond motifs is 2. The summed E-state index contributed by atoms with van der Waals surface area (Å²) in [6.07, 6.45) is 1.95. The SMILES string of the molecule is CC.COc1ccc(CN2C(=O)C3(CCC3)c3cc(NSc4ccc(Cl)cc4F)cc(OC4CCC(F)(F)CC4)c32)cc1. The molecule has 1 amide bonds. The van der Waals surface area contributed by atoms with Crippen molar-refractivity contribution in [1.29, 1.82) is 0 Å². The number of alkyl halides is 2. The Balaban J connectivity index is 0.00000180. The number of rotatable bonds is 8. The number of hydrogen-bond acceptors (Lipinski definition) is 5. The van der Waals surface area contributed by atoms with Gasteiger partial charge in [-0.2, -0.15) is 0 Å². The molecule has 2 fully saturated rings. The summed E-state index contributed by atoms with van der Waals surface area (Å²) in [7, 11) is 1.60. The number of nitrogens with one attached hydrogen (secondary N) is 1. The van der Waals surface area contributed by atoms with Gasteiger partial charge in [0.25, 0.3) is 0 Å². The Kier molecular flexibility index (Phi) is 9.42. The van der Waals surface area contributed by atoms with Crippen LogP contribution in [-0.2, 0) is 16.8 Å². The number of carbonyl (C=O) groups is 1. The summed E-state index contributed by atoms with van der Waals surface area (Å²) >= 11 is 7.00. The molecule has 1 spiro atoms. The third-order valence-corrected chi connectivity index (χ3v) is 9.48. The monoisotopic (exact) mass is 632 g/mol. The highest BCUT2D eigenvalue weighted by Crippen LogP contribution is 2.58. The molecule has 43 heavy (non-hydrogen) atoms. The summed E-state index contributed by atoms with van der Waals surface area (Å²) in [5.74, 6) is -1.92. The van der Waals surface area contributed by atoms with Crippen molar-refractivity contribution in [3.8, 4) is 11.5 Å². The van der Waals surface area contributed by atoms with Gasteiger partial charge in [0, 0.05) is 29.6 Å². The van der Waals surface area contributed by atoms with Gasteiger partial charge in [-0.15, -0.1) is 0 Å². The van der Waals surface area contributed by atoms with Gasteiger partial charge in [0.1, 0.15) is 17.3 Å². The molecule has 0 aromatic heterocycles. The fourth-order valence-corrected chi connectivity index (χ4v) is 6.73. The van der Waals surface area contributed by atoms with E-state index < -0.39 is 23.3 Å². The van der Waals surface area contributed by atoms with E-state index in [2.05, 4.69) is 4.72 Å². The van der Waals surface area contributed by atoms with Gasteiger partial charge in [-0.05, 0) is 85.2 Å². The van der Waals surface area contributed by atoms with E-state index >= 15 is 0 Å². The zero-order valence-corrected chi connectivity index (χ0v) is 26.1. The molecule has 0 unspecified atom stereocenters. The van der Waals surface area contributed by atoms with E-state index in [-0.39, 0.29) is 31.6 Å². The minimum absolute atomic E-state index is 0.0168. The van der Waals surface area contributed by atoms with Crippen LogP contribution in [-0.4, -0.2) is 25.0 Å². The van der Waals surface area contributed by atoms with Crippen LogP contribution in [0.15, 0.2) is 59.5 Å². The second kappa shape index (κ2) is 12.9. The van der Waals surface area contributed by atoms with Gasteiger partial charge in [0.15, 0.2) is 0 Å². The maximum Gasteiger partial charge on any atom is 0.248 e. The number of nitrogens with zero attached hydrogens (tertiary/aromatic N) is 1. The lowest BCUT2D eigenvalue weighted by Crippen LogP contribution is -2.44. The average Bonchev–Trinajstić information content (AvgIpc) is 3.23. The average molecular weight is 633 g/mol. The van der Waals surface area contributed by atoms with Crippen molar-refractivity contribution >= 4 is 40.8 Å². The molecule has 1 N–H and O–H groups in total. The third-order valence-electron chi connectivity index (χ3n) is 8.35. The third kappa shape index (κ3) is 6.43. The number of benzene rings is 3. The van der Waals surface area contributed by atoms with Crippen molar-refractivity contribution in [2.24, 2.45) is 0 Å². The Morgan fingerprint density at radius 2 is 1.72 bits per heavy atom. The quantitative estimate of drug-likeness (QED) is 0.251. The smallest absolute Gasteiger partial charge is 0.248 e. The molecule has 0 atom stereocenters. The molecular weight excluding hydrogens is 597 g/mol. The molecule has 1 aliphatic heterocycles. The minimum Gasteiger partial charge on any atom is -0.497 e. The first-order valence-corrected chi connectivity index (χ1v) is 15.9. The van der Waals surface area contributed by atoms with Gasteiger partial charge < -0.3 is 19.1 Å². The number of halogens is 4. The highest BCUT2D eigenvalue weighted by atomic mass is 35.5. The van der Waals surface area contributed by atoms with E-state index in [0.29, 0.717) is 33.6 Å². The fourth-order valence-electron chi connectivity index (χ4n) is 5.94. The topological polar surface area (TPSA) is 50.8 Å². The normalized spacial score (nSPS) is 18.4. The molecule has 1 heterocycles. The predicted octanol–water partition coefficient (Wildman–Crippen LogP) is 9.56. The second-order valence-corrected chi connectivity index (χ2v) is 12.3. The Hall–Kier alpha value is -3.04. The van der Waals surface area contributed by atoms with Crippen LogP contribution in [0, 0.1) is 5.82 Å². The van der Waals surface area contributed by atoms with Crippen LogP contribution in [0.4, 0.5) is 24.5 Å². The Labute approximate surface area is 260 Å². The first kappa shape index (κ1) is 31.4. The van der Waals surface area contributed by atoms with Gasteiger partial charge in [0.2, 0.25) is 11.8 Å². The first-order chi connectivity index (χ1) is 20.7. The maximum absolute atomic E-state index is 14.5. The molecule has 2 saturated carbocycles. The molecule has 2 aliphatic carbocycles. The molecule has 5 nitrogen and oxygen atoms in total. The van der Waals surface area contributed by atoms with Crippen molar-refractivity contribution in [3.63, 3.8) is 0 Å². The number of carbonyl (C=O) groups excluding carboxylic acids is 1. The van der Waals surface area contributed by atoms with Gasteiger partial charge >= 0.3 is 0 Å². The Morgan fingerprint density at radius 1 is 1.02 bits per heavy atom. The van der Waals surface area contributed by atoms with E-state index in [1.807, 2.05) is 44.2 Å². The molecule has 230 valence electrons. The number of hydrogen-bond donors (Lipinski definition) is 1. The van der Waals surface area contributed by atoms with Gasteiger partial charge in [-0.1, -0.05) is 44.0 Å². The van der Waals surface area contributed by atoms with Crippen LogP contribution in [0.25, 0.3) is 0 Å². The van der Waals surface area contributed by atoms with Gasteiger partial charge in [0.05, 0.1) is 35.8 Å². The molecule has 3 aliphatic rings. The van der Waals surface area contributed by atoms with E-state index in [0.717, 1.165) is 48.1 Å². The van der Waals surface area contributed by atoms with E-state index in [1.165, 1.54) is 6.07 Å². The number of amides is 1. The zero-order valence-electron chi connectivity index (χ0n) is 24.5. The highest BCUT2D eigenvalue weighted by molar-refractivity contribution is 8.00. The summed E-state index contributed by atoms with van der Waals surface area (Å²) in [4.78, 5) is 16.2. The summed E-state index contributed by atoms with van der Waals surface area (Å²) in [6.45, 7) is 4.34. The predicted molar refractivity (Wildman–Crippen MR) is 166 cm³/mol. The van der Waals surface area contributed by atoms with Crippen LogP contribution in [0.5, 0.6) is 11.5 Å². The lowest BCUT2D eigenvalue weighted by molar-refractivity contribution is -0.126. The van der Waals surface area contributed by atoms with Crippen LogP contribution in [0.1, 0.15) is 69.9 Å². The van der Waals surface area contributed by atoms with Crippen LogP contribution >= 0.6 is 23.5 Å². The molecule has 3 aromatic carbocycles. The summed E-state index contributed by atoms with van der Waals surface area (Å²) < 4.78 is 57.3. The molecule has 0 bridgehead atoms. The first-order valence-electron chi connectivity index (χ1n) is 14.7. The molecular formula is C33H36ClF3N2O3S. The molecule has 10 heteroatoms. The largest absolute Gasteiger partial charge is 0.497 e. The lowest BCUT2D eigenvalue weighted by Gasteiger charge is -2.37. The number of methoxy groups -OCH3 is 1. The van der Waals surface area contributed by atoms with Gasteiger partial charge in [-0.3, -0.25) is 4.79 Å². The summed E-state index contributed by atoms with van der Waals surface area (Å²) in [5.41, 5.74) is 2.47. The summed E-state index contributed by atoms with van der Waals surface area (Å²) in [5, 5.41) is 0.306. The second-order valence-electron chi connectivity index (χ2n) is 11.0. The Morgan fingerprint density at radius 3 is 2.33 bits per heavy atom. The van der Waals surface area contributed by atoms with Crippen molar-refractivity contribution in [2.45, 2.75) is 87.7 Å². The van der Waals surface area contributed by atoms with Crippen molar-refractivity contribution in [3.05, 3.63) is 76.6 Å². The van der Waals surface area contributed by atoms with E-state index in [9.17, 15) is 18.0 Å². The van der Waals surface area contributed by atoms with E-state index in [4.69, 9.17) is 21.1 Å². The van der Waals surface area contributed by atoms with Crippen molar-refractivity contribution in [2.75, 3.05) is 16.7 Å². The Bertz CT molecular complexity index is 1460.